The first kappa shape index (κ1) is 6.75. The van der Waals surface area contributed by atoms with Crippen LogP contribution in [-0.4, -0.2) is 18.8 Å². The molecule has 1 heterocycles. The van der Waals surface area contributed by atoms with Crippen molar-refractivity contribution in [1.82, 2.24) is 5.32 Å². The van der Waals surface area contributed by atoms with Gasteiger partial charge in [-0.1, -0.05) is 6.08 Å². The lowest BCUT2D eigenvalue weighted by Gasteiger charge is -2.34. The molecule has 0 aromatic heterocycles. The highest BCUT2D eigenvalue weighted by molar-refractivity contribution is 4.94. The van der Waals surface area contributed by atoms with E-state index in [2.05, 4.69) is 11.9 Å². The predicted octanol–water partition coefficient (Wildman–Crippen LogP) is 1.26. The summed E-state index contributed by atoms with van der Waals surface area (Å²) in [4.78, 5) is 0. The minimum atomic E-state index is -0.909. The van der Waals surface area contributed by atoms with Crippen LogP contribution in [0.2, 0.25) is 0 Å². The molecule has 0 aromatic rings. The summed E-state index contributed by atoms with van der Waals surface area (Å²) in [5, 5.41) is 2.90. The Morgan fingerprint density at radius 3 is 2.67 bits per heavy atom. The van der Waals surface area contributed by atoms with Crippen LogP contribution >= 0.6 is 0 Å². The van der Waals surface area contributed by atoms with E-state index in [9.17, 15) is 4.39 Å². The van der Waals surface area contributed by atoms with Gasteiger partial charge in [0, 0.05) is 13.1 Å². The van der Waals surface area contributed by atoms with E-state index in [4.69, 9.17) is 0 Å². The molecule has 1 saturated heterocycles. The smallest absolute Gasteiger partial charge is 0.136 e. The Bertz CT molecular complexity index is 107. The second-order valence-corrected chi connectivity index (χ2v) is 2.58. The third-order valence-corrected chi connectivity index (χ3v) is 1.68. The molecule has 52 valence electrons. The van der Waals surface area contributed by atoms with Crippen LogP contribution in [0.25, 0.3) is 0 Å². The lowest BCUT2D eigenvalue weighted by Crippen LogP contribution is -2.56. The van der Waals surface area contributed by atoms with E-state index >= 15 is 0 Å². The Hall–Kier alpha value is -0.370. The number of hydrogen-bond donors (Lipinski definition) is 1. The normalized spacial score (nSPS) is 22.8. The SMILES string of the molecule is C=CCCC1(F)CNC1. The van der Waals surface area contributed by atoms with Crippen molar-refractivity contribution in [1.29, 1.82) is 0 Å². The molecule has 1 rings (SSSR count). The molecular weight excluding hydrogens is 117 g/mol. The van der Waals surface area contributed by atoms with Crippen molar-refractivity contribution >= 4 is 0 Å². The quantitative estimate of drug-likeness (QED) is 0.566. The molecule has 0 radical (unpaired) electrons. The Morgan fingerprint density at radius 1 is 1.67 bits per heavy atom. The average molecular weight is 129 g/mol. The summed E-state index contributed by atoms with van der Waals surface area (Å²) in [5.74, 6) is 0. The fourth-order valence-electron chi connectivity index (χ4n) is 0.934. The molecule has 0 bridgehead atoms. The third-order valence-electron chi connectivity index (χ3n) is 1.68. The number of rotatable bonds is 3. The zero-order valence-corrected chi connectivity index (χ0v) is 5.49. The van der Waals surface area contributed by atoms with E-state index in [0.717, 1.165) is 6.42 Å². The van der Waals surface area contributed by atoms with Crippen LogP contribution in [0.5, 0.6) is 0 Å². The van der Waals surface area contributed by atoms with Crippen LogP contribution in [0.15, 0.2) is 12.7 Å². The van der Waals surface area contributed by atoms with Gasteiger partial charge in [-0.25, -0.2) is 4.39 Å². The summed E-state index contributed by atoms with van der Waals surface area (Å²) in [6.45, 7) is 4.59. The predicted molar refractivity (Wildman–Crippen MR) is 36.1 cm³/mol. The Balaban J connectivity index is 2.16. The van der Waals surface area contributed by atoms with Crippen LogP contribution < -0.4 is 5.32 Å². The van der Waals surface area contributed by atoms with E-state index < -0.39 is 5.67 Å². The first-order valence-corrected chi connectivity index (χ1v) is 3.27. The molecule has 1 nitrogen and oxygen atoms in total. The highest BCUT2D eigenvalue weighted by Crippen LogP contribution is 2.22. The summed E-state index contributed by atoms with van der Waals surface area (Å²) in [5.41, 5.74) is -0.909. The van der Waals surface area contributed by atoms with Gasteiger partial charge in [-0.15, -0.1) is 6.58 Å². The summed E-state index contributed by atoms with van der Waals surface area (Å²) in [6, 6.07) is 0. The maximum atomic E-state index is 13.0. The maximum Gasteiger partial charge on any atom is 0.136 e. The first-order valence-electron chi connectivity index (χ1n) is 3.27. The number of alkyl halides is 1. The number of halogens is 1. The third kappa shape index (κ3) is 1.52. The maximum absolute atomic E-state index is 13.0. The van der Waals surface area contributed by atoms with Gasteiger partial charge in [0.15, 0.2) is 0 Å². The van der Waals surface area contributed by atoms with Crippen molar-refractivity contribution in [3.8, 4) is 0 Å². The van der Waals surface area contributed by atoms with Gasteiger partial charge in [0.05, 0.1) is 0 Å². The van der Waals surface area contributed by atoms with Crippen molar-refractivity contribution in [3.63, 3.8) is 0 Å². The molecule has 1 N–H and O–H groups in total. The van der Waals surface area contributed by atoms with Crippen LogP contribution in [0.1, 0.15) is 12.8 Å². The van der Waals surface area contributed by atoms with Gasteiger partial charge in [-0.05, 0) is 12.8 Å². The van der Waals surface area contributed by atoms with Crippen molar-refractivity contribution in [2.45, 2.75) is 18.5 Å². The van der Waals surface area contributed by atoms with Crippen LogP contribution in [0.4, 0.5) is 4.39 Å². The largest absolute Gasteiger partial charge is 0.310 e. The highest BCUT2D eigenvalue weighted by atomic mass is 19.1. The molecule has 1 fully saturated rings. The lowest BCUT2D eigenvalue weighted by molar-refractivity contribution is 0.0817. The van der Waals surface area contributed by atoms with Crippen molar-refractivity contribution in [2.75, 3.05) is 13.1 Å². The Labute approximate surface area is 54.9 Å². The van der Waals surface area contributed by atoms with Crippen LogP contribution in [0.3, 0.4) is 0 Å². The van der Waals surface area contributed by atoms with Crippen molar-refractivity contribution in [2.24, 2.45) is 0 Å². The number of allylic oxidation sites excluding steroid dienone is 1. The first-order chi connectivity index (χ1) is 4.27. The van der Waals surface area contributed by atoms with Gasteiger partial charge in [0.2, 0.25) is 0 Å². The van der Waals surface area contributed by atoms with E-state index in [1.807, 2.05) is 0 Å². The molecule has 1 aliphatic heterocycles. The van der Waals surface area contributed by atoms with Crippen molar-refractivity contribution < 1.29 is 4.39 Å². The van der Waals surface area contributed by atoms with Gasteiger partial charge in [0.1, 0.15) is 5.67 Å². The molecular formula is C7H12FN. The summed E-state index contributed by atoms with van der Waals surface area (Å²) >= 11 is 0. The molecule has 0 amide bonds. The number of hydrogen-bond acceptors (Lipinski definition) is 1. The van der Waals surface area contributed by atoms with Crippen LogP contribution in [0, 0.1) is 0 Å². The molecule has 0 unspecified atom stereocenters. The minimum Gasteiger partial charge on any atom is -0.310 e. The molecule has 0 atom stereocenters. The topological polar surface area (TPSA) is 12.0 Å². The Kier molecular flexibility index (Phi) is 1.86. The zero-order valence-electron chi connectivity index (χ0n) is 5.49. The fourth-order valence-corrected chi connectivity index (χ4v) is 0.934. The molecule has 9 heavy (non-hydrogen) atoms. The summed E-state index contributed by atoms with van der Waals surface area (Å²) in [7, 11) is 0. The summed E-state index contributed by atoms with van der Waals surface area (Å²) in [6.07, 6.45) is 3.18. The van der Waals surface area contributed by atoms with Crippen LogP contribution in [-0.2, 0) is 0 Å². The Morgan fingerprint density at radius 2 is 2.33 bits per heavy atom. The minimum absolute atomic E-state index is 0.529. The standard InChI is InChI=1S/C7H12FN/c1-2-3-4-7(8)5-9-6-7/h2,9H,1,3-6H2. The number of nitrogens with one attached hydrogen (secondary N) is 1. The molecule has 2 heteroatoms. The van der Waals surface area contributed by atoms with Gasteiger partial charge < -0.3 is 5.32 Å². The molecule has 0 aliphatic carbocycles. The molecule has 0 spiro atoms. The van der Waals surface area contributed by atoms with E-state index in [0.29, 0.717) is 19.5 Å². The van der Waals surface area contributed by atoms with Crippen molar-refractivity contribution in [3.05, 3.63) is 12.7 Å². The second kappa shape index (κ2) is 2.48. The molecule has 0 aromatic carbocycles. The lowest BCUT2D eigenvalue weighted by atomic mass is 9.94. The fraction of sp³-hybridized carbons (Fsp3) is 0.714. The second-order valence-electron chi connectivity index (χ2n) is 2.58. The van der Waals surface area contributed by atoms with E-state index in [1.54, 1.807) is 6.08 Å². The molecule has 0 saturated carbocycles. The zero-order chi connectivity index (χ0) is 6.74. The average Bonchev–Trinajstić information content (AvgIpc) is 1.79. The molecule has 1 aliphatic rings. The monoisotopic (exact) mass is 129 g/mol. The van der Waals surface area contributed by atoms with Gasteiger partial charge in [-0.3, -0.25) is 0 Å². The van der Waals surface area contributed by atoms with E-state index in [-0.39, 0.29) is 0 Å². The van der Waals surface area contributed by atoms with Gasteiger partial charge in [-0.2, -0.15) is 0 Å². The highest BCUT2D eigenvalue weighted by Gasteiger charge is 2.35. The van der Waals surface area contributed by atoms with Gasteiger partial charge >= 0.3 is 0 Å². The van der Waals surface area contributed by atoms with E-state index in [1.165, 1.54) is 0 Å². The summed E-state index contributed by atoms with van der Waals surface area (Å²) < 4.78 is 13.0. The van der Waals surface area contributed by atoms with Gasteiger partial charge in [0.25, 0.3) is 0 Å².